The fraction of sp³-hybridized carbons (Fsp3) is 0.682. The van der Waals surface area contributed by atoms with Crippen LogP contribution in [0.5, 0.6) is 0 Å². The summed E-state index contributed by atoms with van der Waals surface area (Å²) in [7, 11) is 0. The van der Waals surface area contributed by atoms with Gasteiger partial charge >= 0.3 is 0 Å². The number of aliphatic imine (C=N–C) groups is 1. The lowest BCUT2D eigenvalue weighted by atomic mass is 9.84. The number of aliphatic hydroxyl groups excluding tert-OH is 1. The second-order valence-electron chi connectivity index (χ2n) is 7.98. The largest absolute Gasteiger partial charge is 0.396 e. The number of morpholine rings is 1. The minimum Gasteiger partial charge on any atom is -0.396 e. The third-order valence-corrected chi connectivity index (χ3v) is 5.83. The first kappa shape index (κ1) is 25.3. The van der Waals surface area contributed by atoms with Crippen LogP contribution in [0.25, 0.3) is 0 Å². The summed E-state index contributed by atoms with van der Waals surface area (Å²) in [5, 5.41) is 16.3. The maximum absolute atomic E-state index is 9.44. The Hall–Kier alpha value is -0.940. The molecule has 1 unspecified atom stereocenters. The number of halogens is 1. The summed E-state index contributed by atoms with van der Waals surface area (Å²) < 4.78 is 11.1. The molecule has 0 amide bonds. The maximum atomic E-state index is 9.44. The van der Waals surface area contributed by atoms with Gasteiger partial charge in [-0.3, -0.25) is 4.90 Å². The van der Waals surface area contributed by atoms with E-state index in [0.29, 0.717) is 13.2 Å². The molecule has 1 aromatic carbocycles. The van der Waals surface area contributed by atoms with Crippen molar-refractivity contribution in [2.24, 2.45) is 10.4 Å². The summed E-state index contributed by atoms with van der Waals surface area (Å²) in [6.07, 6.45) is 1.73. The summed E-state index contributed by atoms with van der Waals surface area (Å²) in [5.41, 5.74) is 2.58. The lowest BCUT2D eigenvalue weighted by Gasteiger charge is -2.28. The van der Waals surface area contributed by atoms with E-state index in [-0.39, 0.29) is 36.0 Å². The molecule has 0 bridgehead atoms. The number of nitrogens with one attached hydrogen (secondary N) is 2. The van der Waals surface area contributed by atoms with Gasteiger partial charge in [0.1, 0.15) is 0 Å². The molecular weight excluding hydrogens is 495 g/mol. The third kappa shape index (κ3) is 7.64. The van der Waals surface area contributed by atoms with Crippen molar-refractivity contribution >= 4 is 29.9 Å². The Labute approximate surface area is 197 Å². The van der Waals surface area contributed by atoms with Crippen LogP contribution in [-0.4, -0.2) is 75.2 Å². The summed E-state index contributed by atoms with van der Waals surface area (Å²) in [6, 6.07) is 8.55. The van der Waals surface area contributed by atoms with Crippen LogP contribution in [0.1, 0.15) is 30.9 Å². The molecule has 2 heterocycles. The van der Waals surface area contributed by atoms with Crippen molar-refractivity contribution in [3.05, 3.63) is 35.4 Å². The number of benzene rings is 1. The quantitative estimate of drug-likeness (QED) is 0.257. The van der Waals surface area contributed by atoms with Crippen molar-refractivity contribution in [3.8, 4) is 0 Å². The van der Waals surface area contributed by atoms with Crippen molar-refractivity contribution in [1.82, 2.24) is 15.5 Å². The summed E-state index contributed by atoms with van der Waals surface area (Å²) in [5.74, 6) is 0.817. The first-order chi connectivity index (χ1) is 14.2. The number of nitrogens with zero attached hydrogens (tertiary/aromatic N) is 2. The molecule has 30 heavy (non-hydrogen) atoms. The predicted octanol–water partition coefficient (Wildman–Crippen LogP) is 1.98. The molecule has 0 saturated carbocycles. The van der Waals surface area contributed by atoms with Crippen LogP contribution in [0, 0.1) is 5.41 Å². The molecule has 2 saturated heterocycles. The van der Waals surface area contributed by atoms with Crippen LogP contribution in [0.15, 0.2) is 29.3 Å². The molecule has 8 heteroatoms. The number of rotatable bonds is 9. The highest BCUT2D eigenvalue weighted by Gasteiger charge is 2.34. The minimum absolute atomic E-state index is 0. The van der Waals surface area contributed by atoms with E-state index in [1.54, 1.807) is 0 Å². The molecule has 3 rings (SSSR count). The zero-order chi connectivity index (χ0) is 20.4. The Morgan fingerprint density at radius 3 is 2.57 bits per heavy atom. The number of aliphatic hydroxyl groups is 1. The van der Waals surface area contributed by atoms with Crippen molar-refractivity contribution in [1.29, 1.82) is 0 Å². The fourth-order valence-electron chi connectivity index (χ4n) is 3.96. The molecule has 1 aromatic rings. The van der Waals surface area contributed by atoms with Gasteiger partial charge in [0.2, 0.25) is 0 Å². The molecule has 0 aromatic heterocycles. The van der Waals surface area contributed by atoms with Gasteiger partial charge in [-0.1, -0.05) is 24.3 Å². The minimum atomic E-state index is -0.000812. The fourth-order valence-corrected chi connectivity index (χ4v) is 3.96. The SMILES string of the molecule is CCNC(=NCc1ccccc1CN1CCOCC1)NCC1(CCO)CCOC1.I. The molecule has 0 spiro atoms. The molecular formula is C22H37IN4O3. The molecule has 170 valence electrons. The highest BCUT2D eigenvalue weighted by Crippen LogP contribution is 2.31. The second kappa shape index (κ2) is 13.5. The smallest absolute Gasteiger partial charge is 0.191 e. The Bertz CT molecular complexity index is 647. The van der Waals surface area contributed by atoms with Crippen molar-refractivity contribution in [2.45, 2.75) is 32.9 Å². The van der Waals surface area contributed by atoms with E-state index in [1.165, 1.54) is 11.1 Å². The van der Waals surface area contributed by atoms with E-state index in [2.05, 4.69) is 46.7 Å². The lowest BCUT2D eigenvalue weighted by molar-refractivity contribution is 0.0341. The van der Waals surface area contributed by atoms with E-state index in [9.17, 15) is 5.11 Å². The average Bonchev–Trinajstić information content (AvgIpc) is 3.21. The van der Waals surface area contributed by atoms with Gasteiger partial charge in [0.05, 0.1) is 26.4 Å². The Morgan fingerprint density at radius 1 is 1.13 bits per heavy atom. The second-order valence-corrected chi connectivity index (χ2v) is 7.98. The highest BCUT2D eigenvalue weighted by molar-refractivity contribution is 14.0. The van der Waals surface area contributed by atoms with Crippen LogP contribution in [0.3, 0.4) is 0 Å². The van der Waals surface area contributed by atoms with Crippen LogP contribution in [0.4, 0.5) is 0 Å². The topological polar surface area (TPSA) is 78.4 Å². The van der Waals surface area contributed by atoms with E-state index >= 15 is 0 Å². The normalized spacial score (nSPS) is 22.5. The zero-order valence-corrected chi connectivity index (χ0v) is 20.4. The van der Waals surface area contributed by atoms with Gasteiger partial charge in [0.15, 0.2) is 5.96 Å². The average molecular weight is 532 g/mol. The number of hydrogen-bond acceptors (Lipinski definition) is 5. The van der Waals surface area contributed by atoms with Crippen molar-refractivity contribution < 1.29 is 14.6 Å². The molecule has 1 atom stereocenters. The van der Waals surface area contributed by atoms with E-state index < -0.39 is 0 Å². The van der Waals surface area contributed by atoms with Crippen LogP contribution < -0.4 is 10.6 Å². The standard InChI is InChI=1S/C22H36N4O3.HI/c1-2-23-21(25-17-22(7-11-27)8-12-29-18-22)24-15-19-5-3-4-6-20(19)16-26-9-13-28-14-10-26;/h3-6,27H,2,7-18H2,1H3,(H2,23,24,25);1H. The monoisotopic (exact) mass is 532 g/mol. The number of ether oxygens (including phenoxy) is 2. The molecule has 3 N–H and O–H groups in total. The first-order valence-corrected chi connectivity index (χ1v) is 10.8. The highest BCUT2D eigenvalue weighted by atomic mass is 127. The van der Waals surface area contributed by atoms with Gasteiger partial charge in [-0.2, -0.15) is 0 Å². The van der Waals surface area contributed by atoms with Crippen molar-refractivity contribution in [2.75, 3.05) is 59.2 Å². The summed E-state index contributed by atoms with van der Waals surface area (Å²) in [4.78, 5) is 7.28. The third-order valence-electron chi connectivity index (χ3n) is 5.83. The summed E-state index contributed by atoms with van der Waals surface area (Å²) >= 11 is 0. The summed E-state index contributed by atoms with van der Waals surface area (Å²) in [6.45, 7) is 10.5. The van der Waals surface area contributed by atoms with Crippen LogP contribution in [-0.2, 0) is 22.6 Å². The molecule has 2 aliphatic rings. The molecule has 7 nitrogen and oxygen atoms in total. The Balaban J connectivity index is 0.00000320. The van der Waals surface area contributed by atoms with Crippen LogP contribution in [0.2, 0.25) is 0 Å². The number of guanidine groups is 1. The molecule has 0 radical (unpaired) electrons. The Kier molecular flexibility index (Phi) is 11.4. The van der Waals surface area contributed by atoms with Crippen molar-refractivity contribution in [3.63, 3.8) is 0 Å². The van der Waals surface area contributed by atoms with Gasteiger partial charge in [-0.15, -0.1) is 24.0 Å². The Morgan fingerprint density at radius 2 is 1.90 bits per heavy atom. The predicted molar refractivity (Wildman–Crippen MR) is 130 cm³/mol. The van der Waals surface area contributed by atoms with Gasteiger partial charge in [-0.05, 0) is 30.9 Å². The van der Waals surface area contributed by atoms with E-state index in [1.807, 2.05) is 0 Å². The van der Waals surface area contributed by atoms with E-state index in [0.717, 1.165) is 71.3 Å². The van der Waals surface area contributed by atoms with Gasteiger partial charge < -0.3 is 25.2 Å². The zero-order valence-electron chi connectivity index (χ0n) is 18.1. The maximum Gasteiger partial charge on any atom is 0.191 e. The lowest BCUT2D eigenvalue weighted by Crippen LogP contribution is -2.44. The van der Waals surface area contributed by atoms with Gasteiger partial charge in [0.25, 0.3) is 0 Å². The number of hydrogen-bond donors (Lipinski definition) is 3. The molecule has 2 aliphatic heterocycles. The van der Waals surface area contributed by atoms with Gasteiger partial charge in [0, 0.05) is 51.4 Å². The first-order valence-electron chi connectivity index (χ1n) is 10.8. The van der Waals surface area contributed by atoms with E-state index in [4.69, 9.17) is 14.5 Å². The molecule has 0 aliphatic carbocycles. The van der Waals surface area contributed by atoms with Gasteiger partial charge in [-0.25, -0.2) is 4.99 Å². The molecule has 2 fully saturated rings. The van der Waals surface area contributed by atoms with Crippen LogP contribution >= 0.6 is 24.0 Å².